The van der Waals surface area contributed by atoms with Crippen LogP contribution in [-0.4, -0.2) is 17.7 Å². The highest BCUT2D eigenvalue weighted by molar-refractivity contribution is 5.85. The summed E-state index contributed by atoms with van der Waals surface area (Å²) >= 11 is 0. The molecule has 3 nitrogen and oxygen atoms in total. The zero-order valence-corrected chi connectivity index (χ0v) is 14.3. The second kappa shape index (κ2) is 9.76. The molecule has 0 bridgehead atoms. The number of unbranched alkanes of at least 4 members (excludes halogenated alkanes) is 5. The van der Waals surface area contributed by atoms with Crippen molar-refractivity contribution in [2.75, 3.05) is 6.61 Å². The molecule has 0 saturated heterocycles. The Bertz CT molecular complexity index is 688. The van der Waals surface area contributed by atoms with Crippen molar-refractivity contribution in [1.29, 1.82) is 0 Å². The number of carboxylic acid groups (broad SMARTS) is 1. The molecule has 0 saturated carbocycles. The first-order valence-corrected chi connectivity index (χ1v) is 8.68. The average molecular weight is 326 g/mol. The molecule has 0 atom stereocenters. The number of ether oxygens (including phenoxy) is 1. The monoisotopic (exact) mass is 326 g/mol. The van der Waals surface area contributed by atoms with Crippen molar-refractivity contribution >= 4 is 16.7 Å². The topological polar surface area (TPSA) is 46.5 Å². The van der Waals surface area contributed by atoms with Gasteiger partial charge in [0.05, 0.1) is 6.61 Å². The third-order valence-electron chi connectivity index (χ3n) is 4.13. The Morgan fingerprint density at radius 2 is 1.71 bits per heavy atom. The maximum Gasteiger partial charge on any atom is 0.330 e. The first-order chi connectivity index (χ1) is 11.7. The molecule has 2 aromatic rings. The highest BCUT2D eigenvalue weighted by atomic mass is 16.5. The SMILES string of the molecule is C/C(=C\CCCCCCCOc1ccc2ccccc2c1)C(=O)O. The molecular formula is C21H26O3. The minimum Gasteiger partial charge on any atom is -0.494 e. The van der Waals surface area contributed by atoms with E-state index >= 15 is 0 Å². The molecule has 0 fully saturated rings. The van der Waals surface area contributed by atoms with Crippen LogP contribution < -0.4 is 4.74 Å². The predicted molar refractivity (Wildman–Crippen MR) is 98.5 cm³/mol. The molecule has 0 heterocycles. The number of allylic oxidation sites excluding steroid dienone is 1. The number of fused-ring (bicyclic) bond motifs is 1. The Hall–Kier alpha value is -2.29. The zero-order chi connectivity index (χ0) is 17.2. The van der Waals surface area contributed by atoms with Crippen LogP contribution in [0.15, 0.2) is 54.1 Å². The molecule has 0 spiro atoms. The van der Waals surface area contributed by atoms with E-state index in [4.69, 9.17) is 9.84 Å². The second-order valence-electron chi connectivity index (χ2n) is 6.11. The van der Waals surface area contributed by atoms with E-state index in [0.717, 1.165) is 44.5 Å². The summed E-state index contributed by atoms with van der Waals surface area (Å²) in [6.07, 6.45) is 8.22. The molecule has 0 aromatic heterocycles. The molecule has 24 heavy (non-hydrogen) atoms. The van der Waals surface area contributed by atoms with Gasteiger partial charge in [-0.15, -0.1) is 0 Å². The summed E-state index contributed by atoms with van der Waals surface area (Å²) in [5, 5.41) is 11.2. The van der Waals surface area contributed by atoms with Crippen LogP contribution in [-0.2, 0) is 4.79 Å². The first kappa shape index (κ1) is 18.1. The van der Waals surface area contributed by atoms with E-state index in [0.29, 0.717) is 5.57 Å². The van der Waals surface area contributed by atoms with Gasteiger partial charge in [0, 0.05) is 5.57 Å². The van der Waals surface area contributed by atoms with Gasteiger partial charge >= 0.3 is 5.97 Å². The van der Waals surface area contributed by atoms with Gasteiger partial charge in [0.1, 0.15) is 5.75 Å². The standard InChI is InChI=1S/C21H26O3/c1-17(21(22)23)10-6-4-2-3-5-9-15-24-20-14-13-18-11-7-8-12-19(18)16-20/h7-8,10-14,16H,2-6,9,15H2,1H3,(H,22,23)/b17-10+. The lowest BCUT2D eigenvalue weighted by atomic mass is 10.1. The third kappa shape index (κ3) is 6.07. The lowest BCUT2D eigenvalue weighted by Gasteiger charge is -2.07. The molecule has 0 aliphatic rings. The average Bonchev–Trinajstić information content (AvgIpc) is 2.59. The maximum atomic E-state index is 10.6. The molecular weight excluding hydrogens is 300 g/mol. The van der Waals surface area contributed by atoms with E-state index in [-0.39, 0.29) is 0 Å². The van der Waals surface area contributed by atoms with Crippen molar-refractivity contribution in [3.8, 4) is 5.75 Å². The minimum absolute atomic E-state index is 0.443. The fourth-order valence-electron chi connectivity index (χ4n) is 2.63. The number of hydrogen-bond donors (Lipinski definition) is 1. The van der Waals surface area contributed by atoms with Gasteiger partial charge < -0.3 is 9.84 Å². The van der Waals surface area contributed by atoms with E-state index in [9.17, 15) is 4.79 Å². The van der Waals surface area contributed by atoms with Gasteiger partial charge in [-0.2, -0.15) is 0 Å². The normalized spacial score (nSPS) is 11.6. The highest BCUT2D eigenvalue weighted by Gasteiger charge is 1.99. The number of benzene rings is 2. The van der Waals surface area contributed by atoms with Crippen LogP contribution in [0.1, 0.15) is 45.4 Å². The number of carboxylic acids is 1. The van der Waals surface area contributed by atoms with E-state index in [1.165, 1.54) is 17.2 Å². The van der Waals surface area contributed by atoms with Gasteiger partial charge in [0.15, 0.2) is 0 Å². The molecule has 1 N–H and O–H groups in total. The van der Waals surface area contributed by atoms with Crippen LogP contribution in [0, 0.1) is 0 Å². The number of hydrogen-bond acceptors (Lipinski definition) is 2. The van der Waals surface area contributed by atoms with E-state index in [1.54, 1.807) is 6.92 Å². The largest absolute Gasteiger partial charge is 0.494 e. The molecule has 0 aliphatic carbocycles. The Morgan fingerprint density at radius 3 is 2.50 bits per heavy atom. The molecule has 2 rings (SSSR count). The van der Waals surface area contributed by atoms with E-state index < -0.39 is 5.97 Å². The summed E-state index contributed by atoms with van der Waals surface area (Å²) in [7, 11) is 0. The maximum absolute atomic E-state index is 10.6. The molecule has 0 aliphatic heterocycles. The summed E-state index contributed by atoms with van der Waals surface area (Å²) in [4.78, 5) is 10.6. The highest BCUT2D eigenvalue weighted by Crippen LogP contribution is 2.20. The Labute approximate surface area is 144 Å². The van der Waals surface area contributed by atoms with Crippen LogP contribution in [0.25, 0.3) is 10.8 Å². The van der Waals surface area contributed by atoms with Crippen LogP contribution in [0.2, 0.25) is 0 Å². The van der Waals surface area contributed by atoms with Crippen molar-refractivity contribution in [2.24, 2.45) is 0 Å². The van der Waals surface area contributed by atoms with Crippen molar-refractivity contribution in [3.63, 3.8) is 0 Å². The number of rotatable bonds is 10. The minimum atomic E-state index is -0.819. The molecule has 0 amide bonds. The van der Waals surface area contributed by atoms with Gasteiger partial charge in [0.25, 0.3) is 0 Å². The smallest absolute Gasteiger partial charge is 0.330 e. The Morgan fingerprint density at radius 1 is 1.00 bits per heavy atom. The summed E-state index contributed by atoms with van der Waals surface area (Å²) in [6.45, 7) is 2.39. The van der Waals surface area contributed by atoms with E-state index in [1.807, 2.05) is 24.3 Å². The summed E-state index contributed by atoms with van der Waals surface area (Å²) in [5.41, 5.74) is 0.443. The first-order valence-electron chi connectivity index (χ1n) is 8.68. The Balaban J connectivity index is 1.56. The Kier molecular flexibility index (Phi) is 7.34. The molecule has 0 unspecified atom stereocenters. The van der Waals surface area contributed by atoms with Crippen LogP contribution in [0.4, 0.5) is 0 Å². The van der Waals surface area contributed by atoms with Crippen LogP contribution in [0.5, 0.6) is 5.75 Å². The molecule has 0 radical (unpaired) electrons. The van der Waals surface area contributed by atoms with Crippen molar-refractivity contribution < 1.29 is 14.6 Å². The van der Waals surface area contributed by atoms with Crippen LogP contribution in [0.3, 0.4) is 0 Å². The number of carbonyl (C=O) groups is 1. The van der Waals surface area contributed by atoms with Gasteiger partial charge in [-0.05, 0) is 49.1 Å². The van der Waals surface area contributed by atoms with Crippen molar-refractivity contribution in [1.82, 2.24) is 0 Å². The fourth-order valence-corrected chi connectivity index (χ4v) is 2.63. The second-order valence-corrected chi connectivity index (χ2v) is 6.11. The molecule has 128 valence electrons. The van der Waals surface area contributed by atoms with Gasteiger partial charge in [0.2, 0.25) is 0 Å². The third-order valence-corrected chi connectivity index (χ3v) is 4.13. The van der Waals surface area contributed by atoms with Gasteiger partial charge in [-0.3, -0.25) is 0 Å². The summed E-state index contributed by atoms with van der Waals surface area (Å²) in [6, 6.07) is 14.5. The number of aliphatic carboxylic acids is 1. The van der Waals surface area contributed by atoms with Gasteiger partial charge in [-0.1, -0.05) is 55.7 Å². The summed E-state index contributed by atoms with van der Waals surface area (Å²) in [5.74, 6) is 0.115. The van der Waals surface area contributed by atoms with E-state index in [2.05, 4.69) is 24.3 Å². The lowest BCUT2D eigenvalue weighted by molar-refractivity contribution is -0.132. The van der Waals surface area contributed by atoms with Crippen molar-refractivity contribution in [3.05, 3.63) is 54.1 Å². The summed E-state index contributed by atoms with van der Waals surface area (Å²) < 4.78 is 5.82. The van der Waals surface area contributed by atoms with Crippen LogP contribution >= 0.6 is 0 Å². The fraction of sp³-hybridized carbons (Fsp3) is 0.381. The molecule has 2 aromatic carbocycles. The van der Waals surface area contributed by atoms with Gasteiger partial charge in [-0.25, -0.2) is 4.79 Å². The predicted octanol–water partition coefficient (Wildman–Crippen LogP) is 5.59. The quantitative estimate of drug-likeness (QED) is 0.457. The zero-order valence-electron chi connectivity index (χ0n) is 14.3. The molecule has 3 heteroatoms. The lowest BCUT2D eigenvalue weighted by Crippen LogP contribution is -1.97. The van der Waals surface area contributed by atoms with Crippen molar-refractivity contribution in [2.45, 2.75) is 45.4 Å².